The molecule has 1 aliphatic carbocycles. The minimum Gasteiger partial charge on any atom is -0.480 e. The van der Waals surface area contributed by atoms with Gasteiger partial charge in [-0.25, -0.2) is 14.8 Å². The zero-order valence-electron chi connectivity index (χ0n) is 25.5. The summed E-state index contributed by atoms with van der Waals surface area (Å²) in [5.41, 5.74) is 5.14. The Hall–Kier alpha value is -4.33. The zero-order valence-corrected chi connectivity index (χ0v) is 25.5. The highest BCUT2D eigenvalue weighted by Crippen LogP contribution is 2.37. The van der Waals surface area contributed by atoms with E-state index in [4.69, 9.17) is 0 Å². The molecule has 0 radical (unpaired) electrons. The molecule has 2 aromatic carbocycles. The van der Waals surface area contributed by atoms with E-state index in [1.54, 1.807) is 10.9 Å². The molecule has 1 fully saturated rings. The largest absolute Gasteiger partial charge is 0.480 e. The van der Waals surface area contributed by atoms with Crippen molar-refractivity contribution in [2.24, 2.45) is 5.92 Å². The molecule has 0 saturated heterocycles. The fourth-order valence-corrected chi connectivity index (χ4v) is 5.75. The molecule has 4 aromatic rings. The van der Waals surface area contributed by atoms with Crippen molar-refractivity contribution in [2.75, 3.05) is 0 Å². The van der Waals surface area contributed by atoms with Crippen LogP contribution >= 0.6 is 0 Å². The number of hydrogen-bond acceptors (Lipinski definition) is 5. The quantitative estimate of drug-likeness (QED) is 0.224. The second-order valence-electron chi connectivity index (χ2n) is 12.7. The maximum Gasteiger partial charge on any atom is 0.326 e. The minimum absolute atomic E-state index is 0.143. The van der Waals surface area contributed by atoms with Crippen LogP contribution in [0.4, 0.5) is 0 Å². The van der Waals surface area contributed by atoms with E-state index in [-0.39, 0.29) is 12.0 Å². The van der Waals surface area contributed by atoms with Crippen LogP contribution in [0, 0.1) is 5.92 Å². The number of rotatable bonds is 9. The fourth-order valence-electron chi connectivity index (χ4n) is 5.75. The van der Waals surface area contributed by atoms with E-state index in [2.05, 4.69) is 51.6 Å². The molecule has 0 spiro atoms. The van der Waals surface area contributed by atoms with Crippen LogP contribution in [0.15, 0.2) is 73.3 Å². The highest BCUT2D eigenvalue weighted by molar-refractivity contribution is 5.96. The first-order valence-corrected chi connectivity index (χ1v) is 15.2. The number of nitrogens with one attached hydrogen (secondary N) is 1. The molecular formula is C35H41N5O3. The van der Waals surface area contributed by atoms with Gasteiger partial charge in [-0.15, -0.1) is 0 Å². The number of amides is 1. The third-order valence-corrected chi connectivity index (χ3v) is 8.58. The number of nitrogens with zero attached hydrogens (tertiary/aromatic N) is 4. The van der Waals surface area contributed by atoms with Gasteiger partial charge in [-0.3, -0.25) is 9.48 Å². The second-order valence-corrected chi connectivity index (χ2v) is 12.7. The summed E-state index contributed by atoms with van der Waals surface area (Å²) in [5, 5.41) is 16.6. The lowest BCUT2D eigenvalue weighted by molar-refractivity contribution is -0.139. The standard InChI is InChI=1S/C35H41N5O3/c1-5-23-6-10-25(11-7-23)26-14-16-27(17-15-26)29-19-36-32(37-20-29)28-12-8-24(9-13-28)18-31(34(42)43)39-33(41)30-21-38-40(22-30)35(2,3)4/h8-9,12-17,19-23,25,31H,5-7,10-11,18H2,1-4H3,(H,39,41)(H,42,43)/t23?,25?,31-/m0/s1. The van der Waals surface area contributed by atoms with Gasteiger partial charge in [-0.2, -0.15) is 5.10 Å². The first-order chi connectivity index (χ1) is 20.6. The molecule has 1 aliphatic rings. The van der Waals surface area contributed by atoms with Crippen molar-refractivity contribution in [3.8, 4) is 22.5 Å². The third kappa shape index (κ3) is 7.37. The Morgan fingerprint density at radius 1 is 0.907 bits per heavy atom. The molecule has 8 heteroatoms. The normalized spacial score (nSPS) is 17.8. The minimum atomic E-state index is -1.10. The van der Waals surface area contributed by atoms with E-state index in [0.29, 0.717) is 17.3 Å². The highest BCUT2D eigenvalue weighted by Gasteiger charge is 2.24. The van der Waals surface area contributed by atoms with Crippen molar-refractivity contribution < 1.29 is 14.7 Å². The predicted octanol–water partition coefficient (Wildman–Crippen LogP) is 6.87. The molecule has 224 valence electrons. The third-order valence-electron chi connectivity index (χ3n) is 8.58. The van der Waals surface area contributed by atoms with E-state index in [0.717, 1.165) is 28.2 Å². The van der Waals surface area contributed by atoms with Crippen LogP contribution in [0.3, 0.4) is 0 Å². The second kappa shape index (κ2) is 12.9. The molecule has 0 bridgehead atoms. The molecule has 1 amide bonds. The van der Waals surface area contributed by atoms with Crippen LogP contribution in [-0.4, -0.2) is 42.8 Å². The molecule has 0 aliphatic heterocycles. The van der Waals surface area contributed by atoms with Gasteiger partial charge in [0.2, 0.25) is 0 Å². The Bertz CT molecular complexity index is 1530. The van der Waals surface area contributed by atoms with Crippen LogP contribution in [0.2, 0.25) is 0 Å². The Morgan fingerprint density at radius 3 is 2.09 bits per heavy atom. The van der Waals surface area contributed by atoms with E-state index >= 15 is 0 Å². The van der Waals surface area contributed by atoms with Gasteiger partial charge in [-0.05, 0) is 75.0 Å². The average molecular weight is 580 g/mol. The highest BCUT2D eigenvalue weighted by atomic mass is 16.4. The van der Waals surface area contributed by atoms with Crippen molar-refractivity contribution in [1.29, 1.82) is 0 Å². The van der Waals surface area contributed by atoms with Crippen molar-refractivity contribution in [1.82, 2.24) is 25.1 Å². The lowest BCUT2D eigenvalue weighted by Crippen LogP contribution is -2.42. The Morgan fingerprint density at radius 2 is 1.53 bits per heavy atom. The molecule has 0 unspecified atom stereocenters. The Labute approximate surface area is 253 Å². The number of carbonyl (C=O) groups is 2. The fraction of sp³-hybridized carbons (Fsp3) is 0.400. The van der Waals surface area contributed by atoms with Gasteiger partial charge in [0.05, 0.1) is 17.3 Å². The summed E-state index contributed by atoms with van der Waals surface area (Å²) >= 11 is 0. The van der Waals surface area contributed by atoms with E-state index in [1.807, 2.05) is 57.4 Å². The van der Waals surface area contributed by atoms with Crippen molar-refractivity contribution in [2.45, 2.75) is 83.7 Å². The average Bonchev–Trinajstić information content (AvgIpc) is 3.53. The Balaban J connectivity index is 1.19. The van der Waals surface area contributed by atoms with Crippen molar-refractivity contribution >= 4 is 11.9 Å². The molecule has 2 aromatic heterocycles. The summed E-state index contributed by atoms with van der Waals surface area (Å²) in [4.78, 5) is 33.9. The summed E-state index contributed by atoms with van der Waals surface area (Å²) < 4.78 is 1.68. The van der Waals surface area contributed by atoms with E-state index < -0.39 is 17.9 Å². The van der Waals surface area contributed by atoms with Gasteiger partial charge in [0.15, 0.2) is 5.82 Å². The molecule has 1 atom stereocenters. The number of aromatic nitrogens is 4. The van der Waals surface area contributed by atoms with Gasteiger partial charge >= 0.3 is 5.97 Å². The smallest absolute Gasteiger partial charge is 0.326 e. The molecular weight excluding hydrogens is 538 g/mol. The zero-order chi connectivity index (χ0) is 30.6. The van der Waals surface area contributed by atoms with E-state index in [1.165, 1.54) is 43.9 Å². The van der Waals surface area contributed by atoms with Gasteiger partial charge in [0.25, 0.3) is 5.91 Å². The molecule has 43 heavy (non-hydrogen) atoms. The summed E-state index contributed by atoms with van der Waals surface area (Å²) in [7, 11) is 0. The number of hydrogen-bond donors (Lipinski definition) is 2. The molecule has 2 N–H and O–H groups in total. The first kappa shape index (κ1) is 30.1. The SMILES string of the molecule is CCC1CCC(c2ccc(-c3cnc(-c4ccc(C[C@H](NC(=O)c5cnn(C(C)(C)C)c5)C(=O)O)cc4)nc3)cc2)CC1. The van der Waals surface area contributed by atoms with Crippen LogP contribution in [0.5, 0.6) is 0 Å². The van der Waals surface area contributed by atoms with Crippen molar-refractivity contribution in [3.05, 3.63) is 90.0 Å². The van der Waals surface area contributed by atoms with Crippen LogP contribution in [-0.2, 0) is 16.8 Å². The van der Waals surface area contributed by atoms with Crippen LogP contribution < -0.4 is 5.32 Å². The maximum absolute atomic E-state index is 12.7. The lowest BCUT2D eigenvalue weighted by atomic mass is 9.78. The van der Waals surface area contributed by atoms with Crippen LogP contribution in [0.1, 0.15) is 87.2 Å². The monoisotopic (exact) mass is 579 g/mol. The van der Waals surface area contributed by atoms with Gasteiger partial charge < -0.3 is 10.4 Å². The summed E-state index contributed by atoms with van der Waals surface area (Å²) in [6.07, 6.45) is 13.4. The number of aliphatic carboxylic acids is 1. The van der Waals surface area contributed by atoms with Crippen molar-refractivity contribution in [3.63, 3.8) is 0 Å². The topological polar surface area (TPSA) is 110 Å². The molecule has 8 nitrogen and oxygen atoms in total. The lowest BCUT2D eigenvalue weighted by Gasteiger charge is -2.28. The summed E-state index contributed by atoms with van der Waals surface area (Å²) in [6, 6.07) is 15.2. The Kier molecular flexibility index (Phi) is 9.04. The summed E-state index contributed by atoms with van der Waals surface area (Å²) in [5.74, 6) is 0.586. The summed E-state index contributed by atoms with van der Waals surface area (Å²) in [6.45, 7) is 8.22. The van der Waals surface area contributed by atoms with Gasteiger partial charge in [-0.1, -0.05) is 61.9 Å². The number of carboxylic acids is 1. The first-order valence-electron chi connectivity index (χ1n) is 15.2. The predicted molar refractivity (Wildman–Crippen MR) is 168 cm³/mol. The van der Waals surface area contributed by atoms with Gasteiger partial charge in [0, 0.05) is 36.1 Å². The molecule has 5 rings (SSSR count). The number of benzene rings is 2. The molecule has 2 heterocycles. The van der Waals surface area contributed by atoms with Crippen LogP contribution in [0.25, 0.3) is 22.5 Å². The number of carboxylic acid groups (broad SMARTS) is 1. The van der Waals surface area contributed by atoms with Gasteiger partial charge in [0.1, 0.15) is 6.04 Å². The number of carbonyl (C=O) groups excluding carboxylic acids is 1. The maximum atomic E-state index is 12.7. The molecule has 1 saturated carbocycles. The van der Waals surface area contributed by atoms with E-state index in [9.17, 15) is 14.7 Å².